The number of nitrogens with zero attached hydrogens (tertiary/aromatic N) is 3. The molecule has 1 aliphatic carbocycles. The van der Waals surface area contributed by atoms with Gasteiger partial charge in [-0.3, -0.25) is 14.4 Å². The lowest BCUT2D eigenvalue weighted by Crippen LogP contribution is -2.55. The molecule has 4 rings (SSSR count). The summed E-state index contributed by atoms with van der Waals surface area (Å²) in [5.41, 5.74) is 2.14. The van der Waals surface area contributed by atoms with Gasteiger partial charge in [0.1, 0.15) is 6.04 Å². The van der Waals surface area contributed by atoms with Gasteiger partial charge in [0.25, 0.3) is 0 Å². The molecule has 3 N–H and O–H groups in total. The van der Waals surface area contributed by atoms with Crippen LogP contribution in [0.25, 0.3) is 10.2 Å². The molecule has 9 nitrogen and oxygen atoms in total. The molecule has 1 aliphatic rings. The van der Waals surface area contributed by atoms with Gasteiger partial charge in [-0.1, -0.05) is 46.1 Å². The van der Waals surface area contributed by atoms with E-state index in [9.17, 15) is 14.4 Å². The topological polar surface area (TPSA) is 118 Å². The average Bonchev–Trinajstić information content (AvgIpc) is 3.66. The van der Waals surface area contributed by atoms with Crippen molar-refractivity contribution in [2.75, 3.05) is 12.3 Å². The lowest BCUT2D eigenvalue weighted by Gasteiger charge is -2.32. The molecule has 1 fully saturated rings. The van der Waals surface area contributed by atoms with Gasteiger partial charge in [0, 0.05) is 50.1 Å². The number of amides is 3. The molecule has 0 aliphatic heterocycles. The second-order valence-corrected chi connectivity index (χ2v) is 13.0. The van der Waals surface area contributed by atoms with Gasteiger partial charge in [-0.2, -0.15) is 12.6 Å². The summed E-state index contributed by atoms with van der Waals surface area (Å²) in [5.74, 6) is 0.219. The van der Waals surface area contributed by atoms with Gasteiger partial charge in [-0.25, -0.2) is 9.97 Å². The van der Waals surface area contributed by atoms with Crippen LogP contribution in [0.1, 0.15) is 75.8 Å². The molecule has 1 saturated carbocycles. The highest BCUT2D eigenvalue weighted by Crippen LogP contribution is 2.28. The maximum Gasteiger partial charge on any atom is 0.243 e. The summed E-state index contributed by atoms with van der Waals surface area (Å²) in [7, 11) is 0. The Morgan fingerprint density at radius 2 is 1.90 bits per heavy atom. The minimum atomic E-state index is -0.754. The number of thiazole rings is 1. The van der Waals surface area contributed by atoms with Gasteiger partial charge in [0.05, 0.1) is 27.5 Å². The molecular weight excluding hydrogens is 569 g/mol. The first-order valence-corrected chi connectivity index (χ1v) is 16.6. The Morgan fingerprint density at radius 3 is 2.57 bits per heavy atom. The van der Waals surface area contributed by atoms with Crippen molar-refractivity contribution in [1.29, 1.82) is 0 Å². The van der Waals surface area contributed by atoms with Gasteiger partial charge in [-0.05, 0) is 42.4 Å². The summed E-state index contributed by atoms with van der Waals surface area (Å²) >= 11 is 5.97. The third-order valence-electron chi connectivity index (χ3n) is 8.10. The predicted molar refractivity (Wildman–Crippen MR) is 171 cm³/mol. The Hall–Kier alpha value is -2.92. The predicted octanol–water partition coefficient (Wildman–Crippen LogP) is 4.48. The van der Waals surface area contributed by atoms with E-state index in [0.29, 0.717) is 31.2 Å². The Kier molecular flexibility index (Phi) is 11.8. The number of hydrogen-bond acceptors (Lipinski definition) is 7. The molecule has 0 spiro atoms. The molecular formula is C31H44N6O3S2. The molecule has 3 amide bonds. The van der Waals surface area contributed by atoms with Crippen molar-refractivity contribution < 1.29 is 14.4 Å². The molecule has 0 saturated heterocycles. The van der Waals surface area contributed by atoms with Gasteiger partial charge in [0.2, 0.25) is 17.7 Å². The van der Waals surface area contributed by atoms with Crippen LogP contribution in [0.2, 0.25) is 0 Å². The second kappa shape index (κ2) is 15.5. The molecule has 11 heteroatoms. The van der Waals surface area contributed by atoms with Crippen molar-refractivity contribution in [2.24, 2.45) is 11.8 Å². The van der Waals surface area contributed by atoms with E-state index in [1.165, 1.54) is 12.0 Å². The second-order valence-electron chi connectivity index (χ2n) is 11.6. The van der Waals surface area contributed by atoms with Crippen molar-refractivity contribution in [3.63, 3.8) is 0 Å². The lowest BCUT2D eigenvalue weighted by atomic mass is 9.83. The van der Waals surface area contributed by atoms with Crippen LogP contribution in [0.15, 0.2) is 36.9 Å². The normalized spacial score (nSPS) is 16.2. The summed E-state index contributed by atoms with van der Waals surface area (Å²) in [6.45, 7) is 6.91. The van der Waals surface area contributed by atoms with Crippen LogP contribution < -0.4 is 16.0 Å². The molecule has 0 bridgehead atoms. The summed E-state index contributed by atoms with van der Waals surface area (Å²) in [6, 6.07) is 5.29. The Balaban J connectivity index is 1.47. The van der Waals surface area contributed by atoms with E-state index in [0.717, 1.165) is 40.9 Å². The molecule has 0 unspecified atom stereocenters. The third-order valence-corrected chi connectivity index (χ3v) is 9.58. The quantitative estimate of drug-likeness (QED) is 0.200. The van der Waals surface area contributed by atoms with Crippen LogP contribution in [-0.2, 0) is 27.3 Å². The number of imidazole rings is 1. The number of aromatic nitrogens is 3. The zero-order chi connectivity index (χ0) is 30.1. The molecule has 2 heterocycles. The fraction of sp³-hybridized carbons (Fsp3) is 0.581. The number of benzene rings is 1. The van der Waals surface area contributed by atoms with Crippen LogP contribution in [0.3, 0.4) is 0 Å². The Morgan fingerprint density at radius 1 is 1.12 bits per heavy atom. The minimum absolute atomic E-state index is 0.0974. The van der Waals surface area contributed by atoms with Gasteiger partial charge in [-0.15, -0.1) is 11.3 Å². The number of fused-ring (bicyclic) bond motifs is 1. The SMILES string of the molecule is CCC(=O)N[C@@H](Cc1nc2ccc(C(C)C)cc2s1)C(=O)N[C@H](CNC(=O)[C@@H](CS)Cn1ccnc1)C1CCCCC1. The molecule has 0 radical (unpaired) electrons. The van der Waals surface area contributed by atoms with Gasteiger partial charge >= 0.3 is 0 Å². The molecule has 3 aromatic rings. The van der Waals surface area contributed by atoms with Crippen molar-refractivity contribution in [1.82, 2.24) is 30.5 Å². The van der Waals surface area contributed by atoms with Crippen molar-refractivity contribution in [3.05, 3.63) is 47.5 Å². The highest BCUT2D eigenvalue weighted by Gasteiger charge is 2.30. The lowest BCUT2D eigenvalue weighted by molar-refractivity contribution is -0.129. The number of hydrogen-bond donors (Lipinski definition) is 4. The van der Waals surface area contributed by atoms with Crippen LogP contribution >= 0.6 is 24.0 Å². The number of rotatable bonds is 14. The summed E-state index contributed by atoms with van der Waals surface area (Å²) < 4.78 is 2.95. The standard InChI is InChI=1S/C31H44N6O3S2/c1-4-28(38)34-25(15-29-35-24-11-10-22(20(2)3)14-27(24)42-29)31(40)36-26(21-8-6-5-7-9-21)16-33-30(39)23(18-41)17-37-13-12-32-19-37/h10-14,19-21,23,25-26,41H,4-9,15-18H2,1-3H3,(H,33,39)(H,34,38)(H,36,40)/t23-,25+,26-/m1/s1. The van der Waals surface area contributed by atoms with Gasteiger partial charge in [0.15, 0.2) is 0 Å². The monoisotopic (exact) mass is 612 g/mol. The molecule has 2 aromatic heterocycles. The zero-order valence-electron chi connectivity index (χ0n) is 24.8. The molecule has 3 atom stereocenters. The summed E-state index contributed by atoms with van der Waals surface area (Å²) in [5, 5.41) is 10.0. The van der Waals surface area contributed by atoms with Crippen LogP contribution in [0, 0.1) is 11.8 Å². The van der Waals surface area contributed by atoms with E-state index >= 15 is 0 Å². The molecule has 1 aromatic carbocycles. The largest absolute Gasteiger partial charge is 0.354 e. The maximum absolute atomic E-state index is 13.8. The van der Waals surface area contributed by atoms with Crippen molar-refractivity contribution in [3.8, 4) is 0 Å². The highest BCUT2D eigenvalue weighted by molar-refractivity contribution is 7.80. The van der Waals surface area contributed by atoms with E-state index < -0.39 is 6.04 Å². The smallest absolute Gasteiger partial charge is 0.243 e. The van der Waals surface area contributed by atoms with E-state index in [-0.39, 0.29) is 42.0 Å². The summed E-state index contributed by atoms with van der Waals surface area (Å²) in [6.07, 6.45) is 11.2. The van der Waals surface area contributed by atoms with Crippen LogP contribution in [0.4, 0.5) is 0 Å². The first-order chi connectivity index (χ1) is 20.3. The third kappa shape index (κ3) is 8.80. The maximum atomic E-state index is 13.8. The van der Waals surface area contributed by atoms with E-state index in [1.54, 1.807) is 30.8 Å². The van der Waals surface area contributed by atoms with Crippen LogP contribution in [0.5, 0.6) is 0 Å². The fourth-order valence-electron chi connectivity index (χ4n) is 5.50. The van der Waals surface area contributed by atoms with Gasteiger partial charge < -0.3 is 20.5 Å². The number of nitrogens with one attached hydrogen (secondary N) is 3. The Bertz CT molecular complexity index is 1320. The molecule has 42 heavy (non-hydrogen) atoms. The van der Waals surface area contributed by atoms with Crippen LogP contribution in [-0.4, -0.2) is 56.6 Å². The first-order valence-electron chi connectivity index (χ1n) is 15.1. The van der Waals surface area contributed by atoms with Crippen molar-refractivity contribution in [2.45, 2.75) is 90.3 Å². The zero-order valence-corrected chi connectivity index (χ0v) is 26.6. The highest BCUT2D eigenvalue weighted by atomic mass is 32.1. The minimum Gasteiger partial charge on any atom is -0.354 e. The number of carbonyl (C=O) groups excluding carboxylic acids is 3. The Labute approximate surface area is 258 Å². The number of carbonyl (C=O) groups is 3. The van der Waals surface area contributed by atoms with E-state index in [2.05, 4.69) is 59.5 Å². The fourth-order valence-corrected chi connectivity index (χ4v) is 6.84. The summed E-state index contributed by atoms with van der Waals surface area (Å²) in [4.78, 5) is 48.2. The van der Waals surface area contributed by atoms with Crippen molar-refractivity contribution >= 4 is 51.9 Å². The number of thiol groups is 1. The first kappa shape index (κ1) is 32.0. The molecule has 228 valence electrons. The van der Waals surface area contributed by atoms with E-state index in [1.807, 2.05) is 16.8 Å². The average molecular weight is 613 g/mol. The van der Waals surface area contributed by atoms with E-state index in [4.69, 9.17) is 4.98 Å².